The summed E-state index contributed by atoms with van der Waals surface area (Å²) < 4.78 is 2.09. The van der Waals surface area contributed by atoms with Crippen LogP contribution in [0.4, 0.5) is 0 Å². The van der Waals surface area contributed by atoms with Gasteiger partial charge in [-0.15, -0.1) is 0 Å². The quantitative estimate of drug-likeness (QED) is 0.600. The predicted molar refractivity (Wildman–Crippen MR) is 44.6 cm³/mol. The maximum absolute atomic E-state index is 4.28. The first-order chi connectivity index (χ1) is 5.42. The predicted octanol–water partition coefficient (Wildman–Crippen LogP) is 1.90. The van der Waals surface area contributed by atoms with Crippen LogP contribution in [-0.2, 0) is 6.42 Å². The molecule has 0 amide bonds. The van der Waals surface area contributed by atoms with Gasteiger partial charge in [0.2, 0.25) is 0 Å². The van der Waals surface area contributed by atoms with Crippen LogP contribution in [0.25, 0.3) is 5.52 Å². The van der Waals surface area contributed by atoms with Crippen molar-refractivity contribution in [3.8, 4) is 0 Å². The van der Waals surface area contributed by atoms with Crippen molar-refractivity contribution >= 4 is 5.52 Å². The van der Waals surface area contributed by atoms with Crippen LogP contribution in [0.3, 0.4) is 0 Å². The Morgan fingerprint density at radius 2 is 2.36 bits per heavy atom. The van der Waals surface area contributed by atoms with Crippen LogP contribution in [0.15, 0.2) is 30.7 Å². The molecule has 56 valence electrons. The molecule has 0 saturated carbocycles. The molecule has 2 nitrogen and oxygen atoms in total. The fourth-order valence-corrected chi connectivity index (χ4v) is 1.30. The molecule has 0 aliphatic carbocycles. The average Bonchev–Trinajstić information content (AvgIpc) is 2.50. The standard InChI is InChI=1S/C9H10N2/c1-2-8-9-4-3-6-11(9)7-5-10-8/h3-7H,2H2,1H3. The van der Waals surface area contributed by atoms with E-state index < -0.39 is 0 Å². The first-order valence-electron chi connectivity index (χ1n) is 3.82. The Balaban J connectivity index is 2.79. The van der Waals surface area contributed by atoms with E-state index in [1.807, 2.05) is 24.7 Å². The van der Waals surface area contributed by atoms with Crippen LogP contribution < -0.4 is 0 Å². The van der Waals surface area contributed by atoms with Crippen molar-refractivity contribution in [2.45, 2.75) is 13.3 Å². The molecule has 2 rings (SSSR count). The molecule has 0 N–H and O–H groups in total. The maximum Gasteiger partial charge on any atom is 0.0666 e. The third-order valence-corrected chi connectivity index (χ3v) is 1.87. The summed E-state index contributed by atoms with van der Waals surface area (Å²) in [5, 5.41) is 0. The minimum atomic E-state index is 0.994. The second-order valence-corrected chi connectivity index (χ2v) is 2.53. The second-order valence-electron chi connectivity index (χ2n) is 2.53. The van der Waals surface area contributed by atoms with Gasteiger partial charge in [-0.1, -0.05) is 6.92 Å². The molecular formula is C9H10N2. The Bertz CT molecular complexity index is 362. The number of aryl methyl sites for hydroxylation is 1. The van der Waals surface area contributed by atoms with Crippen molar-refractivity contribution in [3.63, 3.8) is 0 Å². The molecule has 2 aromatic rings. The molecule has 0 aromatic carbocycles. The second kappa shape index (κ2) is 2.38. The van der Waals surface area contributed by atoms with Crippen LogP contribution in [0.2, 0.25) is 0 Å². The third-order valence-electron chi connectivity index (χ3n) is 1.87. The van der Waals surface area contributed by atoms with Gasteiger partial charge in [0.1, 0.15) is 0 Å². The van der Waals surface area contributed by atoms with E-state index >= 15 is 0 Å². The molecule has 2 heterocycles. The van der Waals surface area contributed by atoms with Crippen LogP contribution in [0, 0.1) is 0 Å². The van der Waals surface area contributed by atoms with E-state index in [-0.39, 0.29) is 0 Å². The van der Waals surface area contributed by atoms with E-state index in [2.05, 4.69) is 22.4 Å². The van der Waals surface area contributed by atoms with Gasteiger partial charge in [0.25, 0.3) is 0 Å². The fraction of sp³-hybridized carbons (Fsp3) is 0.222. The van der Waals surface area contributed by atoms with Gasteiger partial charge >= 0.3 is 0 Å². The highest BCUT2D eigenvalue weighted by molar-refractivity contribution is 5.51. The summed E-state index contributed by atoms with van der Waals surface area (Å²) >= 11 is 0. The minimum absolute atomic E-state index is 0.994. The van der Waals surface area contributed by atoms with Crippen molar-refractivity contribution < 1.29 is 0 Å². The molecular weight excluding hydrogens is 136 g/mol. The molecule has 0 saturated heterocycles. The summed E-state index contributed by atoms with van der Waals surface area (Å²) in [6, 6.07) is 4.13. The molecule has 0 bridgehead atoms. The van der Waals surface area contributed by atoms with Crippen LogP contribution in [0.5, 0.6) is 0 Å². The van der Waals surface area contributed by atoms with Crippen molar-refractivity contribution in [2.24, 2.45) is 0 Å². The Morgan fingerprint density at radius 3 is 3.18 bits per heavy atom. The monoisotopic (exact) mass is 146 g/mol. The van der Waals surface area contributed by atoms with Gasteiger partial charge in [-0.05, 0) is 18.6 Å². The third kappa shape index (κ3) is 0.909. The zero-order valence-electron chi connectivity index (χ0n) is 6.49. The molecule has 2 heteroatoms. The van der Waals surface area contributed by atoms with E-state index in [1.165, 1.54) is 5.52 Å². The molecule has 0 fully saturated rings. The Hall–Kier alpha value is -1.31. The molecule has 0 unspecified atom stereocenters. The molecule has 2 aromatic heterocycles. The zero-order chi connectivity index (χ0) is 7.68. The Labute approximate surface area is 65.5 Å². The van der Waals surface area contributed by atoms with Gasteiger partial charge < -0.3 is 4.40 Å². The van der Waals surface area contributed by atoms with Gasteiger partial charge in [-0.2, -0.15) is 0 Å². The number of fused-ring (bicyclic) bond motifs is 1. The van der Waals surface area contributed by atoms with E-state index in [0.717, 1.165) is 12.1 Å². The number of rotatable bonds is 1. The van der Waals surface area contributed by atoms with Gasteiger partial charge in [0.05, 0.1) is 11.2 Å². The summed E-state index contributed by atoms with van der Waals surface area (Å²) in [5.74, 6) is 0. The van der Waals surface area contributed by atoms with Gasteiger partial charge in [-0.25, -0.2) is 0 Å². The minimum Gasteiger partial charge on any atom is -0.321 e. The van der Waals surface area contributed by atoms with Gasteiger partial charge in [-0.3, -0.25) is 4.98 Å². The van der Waals surface area contributed by atoms with Crippen molar-refractivity contribution in [2.75, 3.05) is 0 Å². The lowest BCUT2D eigenvalue weighted by molar-refractivity contribution is 1.01. The summed E-state index contributed by atoms with van der Waals surface area (Å²) in [7, 11) is 0. The Kier molecular flexibility index (Phi) is 1.39. The lowest BCUT2D eigenvalue weighted by atomic mass is 10.3. The highest BCUT2D eigenvalue weighted by Crippen LogP contribution is 2.08. The highest BCUT2D eigenvalue weighted by atomic mass is 14.9. The number of aromatic nitrogens is 2. The average molecular weight is 146 g/mol. The Morgan fingerprint density at radius 1 is 1.45 bits per heavy atom. The van der Waals surface area contributed by atoms with Crippen LogP contribution in [-0.4, -0.2) is 9.38 Å². The van der Waals surface area contributed by atoms with Crippen LogP contribution in [0.1, 0.15) is 12.6 Å². The molecule has 0 aliphatic rings. The topological polar surface area (TPSA) is 17.3 Å². The molecule has 11 heavy (non-hydrogen) atoms. The summed E-state index contributed by atoms with van der Waals surface area (Å²) in [5.41, 5.74) is 2.38. The maximum atomic E-state index is 4.28. The van der Waals surface area contributed by atoms with Crippen molar-refractivity contribution in [1.29, 1.82) is 0 Å². The van der Waals surface area contributed by atoms with E-state index in [4.69, 9.17) is 0 Å². The normalized spacial score (nSPS) is 10.6. The van der Waals surface area contributed by atoms with E-state index in [9.17, 15) is 0 Å². The smallest absolute Gasteiger partial charge is 0.0666 e. The van der Waals surface area contributed by atoms with Crippen LogP contribution >= 0.6 is 0 Å². The summed E-state index contributed by atoms with van der Waals surface area (Å²) in [4.78, 5) is 4.28. The van der Waals surface area contributed by atoms with Crippen molar-refractivity contribution in [3.05, 3.63) is 36.4 Å². The number of hydrogen-bond acceptors (Lipinski definition) is 1. The molecule has 0 radical (unpaired) electrons. The fourth-order valence-electron chi connectivity index (χ4n) is 1.30. The first-order valence-corrected chi connectivity index (χ1v) is 3.82. The molecule has 0 aliphatic heterocycles. The first kappa shape index (κ1) is 6.40. The number of hydrogen-bond donors (Lipinski definition) is 0. The molecule has 0 spiro atoms. The highest BCUT2D eigenvalue weighted by Gasteiger charge is 1.97. The summed E-state index contributed by atoms with van der Waals surface area (Å²) in [6.45, 7) is 2.12. The lowest BCUT2D eigenvalue weighted by Crippen LogP contribution is -1.91. The van der Waals surface area contributed by atoms with Gasteiger partial charge in [0, 0.05) is 18.6 Å². The molecule has 0 atom stereocenters. The number of nitrogens with zero attached hydrogens (tertiary/aromatic N) is 2. The SMILES string of the molecule is CCc1nccn2cccc12. The van der Waals surface area contributed by atoms with E-state index in [1.54, 1.807) is 0 Å². The zero-order valence-corrected chi connectivity index (χ0v) is 6.49. The lowest BCUT2D eigenvalue weighted by Gasteiger charge is -1.98. The largest absolute Gasteiger partial charge is 0.321 e. The van der Waals surface area contributed by atoms with Gasteiger partial charge in [0.15, 0.2) is 0 Å². The summed E-state index contributed by atoms with van der Waals surface area (Å²) in [6.07, 6.45) is 6.84. The van der Waals surface area contributed by atoms with E-state index in [0.29, 0.717) is 0 Å². The van der Waals surface area contributed by atoms with Crippen molar-refractivity contribution in [1.82, 2.24) is 9.38 Å².